The Bertz CT molecular complexity index is 933. The maximum absolute atomic E-state index is 12.2. The van der Waals surface area contributed by atoms with E-state index < -0.39 is 0 Å². The smallest absolute Gasteiger partial charge is 0.302 e. The van der Waals surface area contributed by atoms with Gasteiger partial charge < -0.3 is 9.72 Å². The van der Waals surface area contributed by atoms with Gasteiger partial charge in [0.25, 0.3) is 5.56 Å². The molecule has 1 heterocycles. The number of pyridine rings is 1. The zero-order chi connectivity index (χ0) is 18.9. The van der Waals surface area contributed by atoms with Gasteiger partial charge in [0.2, 0.25) is 0 Å². The normalized spacial score (nSPS) is 10.4. The average Bonchev–Trinajstić information content (AvgIpc) is 2.52. The molecule has 0 saturated carbocycles. The minimum absolute atomic E-state index is 0.114. The van der Waals surface area contributed by atoms with Crippen LogP contribution in [-0.2, 0) is 16.1 Å². The molecule has 1 N–H and O–H groups in total. The third-order valence-corrected chi connectivity index (χ3v) is 4.75. The van der Waals surface area contributed by atoms with Crippen molar-refractivity contribution in [2.75, 3.05) is 0 Å². The number of hydrogen-bond donors (Lipinski definition) is 1. The zero-order valence-electron chi connectivity index (χ0n) is 15.5. The molecule has 5 nitrogen and oxygen atoms in total. The van der Waals surface area contributed by atoms with Crippen LogP contribution in [0.4, 0.5) is 0 Å². The molecule has 1 aromatic heterocycles. The summed E-state index contributed by atoms with van der Waals surface area (Å²) in [5.41, 5.74) is 6.90. The Kier molecular flexibility index (Phi) is 5.13. The SMILES string of the molecule is CC(=O)OCc1c(C)c(C)c(-c2cc(C)[nH]c(=O)c2C#N)c(C)c1C. The van der Waals surface area contributed by atoms with Gasteiger partial charge in [-0.3, -0.25) is 9.59 Å². The van der Waals surface area contributed by atoms with E-state index in [4.69, 9.17) is 4.74 Å². The molecule has 0 spiro atoms. The number of nitrogens with zero attached hydrogens (tertiary/aromatic N) is 1. The minimum atomic E-state index is -0.379. The largest absolute Gasteiger partial charge is 0.461 e. The number of nitrogens with one attached hydrogen (secondary N) is 1. The second-order valence-electron chi connectivity index (χ2n) is 6.32. The van der Waals surface area contributed by atoms with Crippen LogP contribution in [-0.4, -0.2) is 11.0 Å². The minimum Gasteiger partial charge on any atom is -0.461 e. The highest BCUT2D eigenvalue weighted by Gasteiger charge is 2.20. The predicted molar refractivity (Wildman–Crippen MR) is 96.4 cm³/mol. The molecule has 5 heteroatoms. The number of nitriles is 1. The first-order chi connectivity index (χ1) is 11.7. The van der Waals surface area contributed by atoms with Crippen molar-refractivity contribution in [3.05, 3.63) is 55.5 Å². The van der Waals surface area contributed by atoms with E-state index in [9.17, 15) is 14.9 Å². The van der Waals surface area contributed by atoms with E-state index in [0.29, 0.717) is 11.3 Å². The summed E-state index contributed by atoms with van der Waals surface area (Å²) >= 11 is 0. The summed E-state index contributed by atoms with van der Waals surface area (Å²) in [6, 6.07) is 3.86. The van der Waals surface area contributed by atoms with Gasteiger partial charge in [0.1, 0.15) is 18.2 Å². The van der Waals surface area contributed by atoms with E-state index >= 15 is 0 Å². The van der Waals surface area contributed by atoms with Crippen LogP contribution in [0.2, 0.25) is 0 Å². The Morgan fingerprint density at radius 1 is 1.12 bits per heavy atom. The summed E-state index contributed by atoms with van der Waals surface area (Å²) in [4.78, 5) is 26.0. The monoisotopic (exact) mass is 338 g/mol. The van der Waals surface area contributed by atoms with Crippen molar-refractivity contribution < 1.29 is 9.53 Å². The topological polar surface area (TPSA) is 83.0 Å². The van der Waals surface area contributed by atoms with E-state index in [-0.39, 0.29) is 23.7 Å². The van der Waals surface area contributed by atoms with E-state index in [1.807, 2.05) is 39.8 Å². The lowest BCUT2D eigenvalue weighted by Gasteiger charge is -2.21. The molecule has 130 valence electrons. The molecular formula is C20H22N2O3. The number of hydrogen-bond acceptors (Lipinski definition) is 4. The molecule has 0 unspecified atom stereocenters. The fourth-order valence-corrected chi connectivity index (χ4v) is 3.18. The molecule has 0 amide bonds. The number of benzene rings is 1. The van der Waals surface area contributed by atoms with Gasteiger partial charge >= 0.3 is 5.97 Å². The highest BCUT2D eigenvalue weighted by molar-refractivity contribution is 5.79. The number of carbonyl (C=O) groups is 1. The summed E-state index contributed by atoms with van der Waals surface area (Å²) in [6.45, 7) is 11.3. The first kappa shape index (κ1) is 18.5. The number of carbonyl (C=O) groups excluding carboxylic acids is 1. The zero-order valence-corrected chi connectivity index (χ0v) is 15.5. The molecule has 25 heavy (non-hydrogen) atoms. The Hall–Kier alpha value is -2.87. The number of aromatic amines is 1. The Balaban J connectivity index is 2.80. The van der Waals surface area contributed by atoms with Gasteiger partial charge in [0.05, 0.1) is 0 Å². The number of ether oxygens (including phenoxy) is 1. The molecule has 0 bridgehead atoms. The predicted octanol–water partition coefficient (Wildman–Crippen LogP) is 3.52. The molecule has 1 aromatic carbocycles. The van der Waals surface area contributed by atoms with Crippen molar-refractivity contribution in [3.8, 4) is 17.2 Å². The first-order valence-corrected chi connectivity index (χ1v) is 8.06. The second kappa shape index (κ2) is 6.94. The lowest BCUT2D eigenvalue weighted by molar-refractivity contribution is -0.142. The third kappa shape index (κ3) is 3.34. The van der Waals surface area contributed by atoms with Crippen molar-refractivity contribution in [3.63, 3.8) is 0 Å². The van der Waals surface area contributed by atoms with Crippen molar-refractivity contribution in [1.29, 1.82) is 5.26 Å². The lowest BCUT2D eigenvalue weighted by Crippen LogP contribution is -2.14. The summed E-state index contributed by atoms with van der Waals surface area (Å²) in [7, 11) is 0. The lowest BCUT2D eigenvalue weighted by atomic mass is 9.85. The summed E-state index contributed by atoms with van der Waals surface area (Å²) in [6.07, 6.45) is 0. The maximum atomic E-state index is 12.2. The van der Waals surface area contributed by atoms with Crippen molar-refractivity contribution >= 4 is 5.97 Å². The van der Waals surface area contributed by atoms with Gasteiger partial charge in [-0.25, -0.2) is 0 Å². The fourth-order valence-electron chi connectivity index (χ4n) is 3.18. The van der Waals surface area contributed by atoms with Crippen LogP contribution in [0.15, 0.2) is 10.9 Å². The second-order valence-corrected chi connectivity index (χ2v) is 6.32. The van der Waals surface area contributed by atoms with Gasteiger partial charge in [0, 0.05) is 18.2 Å². The molecule has 2 aromatic rings. The molecule has 0 aliphatic carbocycles. The van der Waals surface area contributed by atoms with Gasteiger partial charge in [-0.15, -0.1) is 0 Å². The van der Waals surface area contributed by atoms with Crippen LogP contribution >= 0.6 is 0 Å². The van der Waals surface area contributed by atoms with Crippen LogP contribution in [0.1, 0.15) is 46.0 Å². The van der Waals surface area contributed by atoms with Gasteiger partial charge in [-0.2, -0.15) is 5.26 Å². The summed E-state index contributed by atoms with van der Waals surface area (Å²) in [5.74, 6) is -0.324. The number of aryl methyl sites for hydroxylation is 1. The van der Waals surface area contributed by atoms with Gasteiger partial charge in [0.15, 0.2) is 0 Å². The van der Waals surface area contributed by atoms with Crippen molar-refractivity contribution in [2.45, 2.75) is 48.1 Å². The van der Waals surface area contributed by atoms with E-state index in [1.165, 1.54) is 6.92 Å². The van der Waals surface area contributed by atoms with E-state index in [0.717, 1.165) is 33.4 Å². The van der Waals surface area contributed by atoms with Crippen LogP contribution < -0.4 is 5.56 Å². The molecule has 0 radical (unpaired) electrons. The average molecular weight is 338 g/mol. The summed E-state index contributed by atoms with van der Waals surface area (Å²) in [5, 5.41) is 9.44. The molecule has 0 aliphatic rings. The molecular weight excluding hydrogens is 316 g/mol. The number of aromatic nitrogens is 1. The van der Waals surface area contributed by atoms with E-state index in [1.54, 1.807) is 6.92 Å². The third-order valence-electron chi connectivity index (χ3n) is 4.75. The number of rotatable bonds is 3. The number of H-pyrrole nitrogens is 1. The Labute approximate surface area is 147 Å². The van der Waals surface area contributed by atoms with Crippen LogP contribution in [0.25, 0.3) is 11.1 Å². The molecule has 0 saturated heterocycles. The maximum Gasteiger partial charge on any atom is 0.302 e. The molecule has 0 fully saturated rings. The van der Waals surface area contributed by atoms with Crippen molar-refractivity contribution in [1.82, 2.24) is 4.98 Å². The summed E-state index contributed by atoms with van der Waals surface area (Å²) < 4.78 is 5.18. The molecule has 2 rings (SSSR count). The fraction of sp³-hybridized carbons (Fsp3) is 0.350. The molecule has 0 atom stereocenters. The van der Waals surface area contributed by atoms with E-state index in [2.05, 4.69) is 4.98 Å². The van der Waals surface area contributed by atoms with Gasteiger partial charge in [-0.05, 0) is 74.1 Å². The van der Waals surface area contributed by atoms with Crippen LogP contribution in [0, 0.1) is 45.9 Å². The first-order valence-electron chi connectivity index (χ1n) is 8.06. The Morgan fingerprint density at radius 3 is 2.16 bits per heavy atom. The van der Waals surface area contributed by atoms with Crippen LogP contribution in [0.5, 0.6) is 0 Å². The molecule has 0 aliphatic heterocycles. The highest BCUT2D eigenvalue weighted by atomic mass is 16.5. The van der Waals surface area contributed by atoms with Crippen LogP contribution in [0.3, 0.4) is 0 Å². The van der Waals surface area contributed by atoms with Crippen molar-refractivity contribution in [2.24, 2.45) is 0 Å². The Morgan fingerprint density at radius 2 is 1.68 bits per heavy atom. The number of esters is 1. The quantitative estimate of drug-likeness (QED) is 0.868. The highest BCUT2D eigenvalue weighted by Crippen LogP contribution is 2.35. The van der Waals surface area contributed by atoms with Gasteiger partial charge in [-0.1, -0.05) is 0 Å². The standard InChI is InChI=1S/C20H22N2O3/c1-10-7-16(17(8-21)20(24)22-10)19-13(4)11(2)18(9-25-15(6)23)12(3)14(19)5/h7H,9H2,1-6H3,(H,22,24).